The molecule has 1 aromatic rings. The fourth-order valence-corrected chi connectivity index (χ4v) is 1.03. The van der Waals surface area contributed by atoms with Gasteiger partial charge in [0.05, 0.1) is 12.4 Å². The highest BCUT2D eigenvalue weighted by atomic mass is 15.1. The predicted octanol–water partition coefficient (Wildman–Crippen LogP) is 1.98. The maximum Gasteiger partial charge on any atom is 0.146 e. The molecular formula is C10H18N4. The molecule has 0 fully saturated rings. The molecule has 4 nitrogen and oxygen atoms in total. The van der Waals surface area contributed by atoms with Gasteiger partial charge in [-0.2, -0.15) is 0 Å². The molecule has 0 saturated heterocycles. The molecule has 0 amide bonds. The van der Waals surface area contributed by atoms with E-state index in [2.05, 4.69) is 34.4 Å². The third kappa shape index (κ3) is 3.60. The van der Waals surface area contributed by atoms with E-state index in [9.17, 15) is 0 Å². The van der Waals surface area contributed by atoms with E-state index in [1.165, 1.54) is 0 Å². The largest absolute Gasteiger partial charge is 0.369 e. The molecule has 0 aromatic carbocycles. The lowest BCUT2D eigenvalue weighted by Gasteiger charge is -2.08. The highest BCUT2D eigenvalue weighted by Gasteiger charge is 1.98. The minimum absolute atomic E-state index is 0.611. The van der Waals surface area contributed by atoms with E-state index >= 15 is 0 Å². The van der Waals surface area contributed by atoms with Gasteiger partial charge in [0.2, 0.25) is 0 Å². The van der Waals surface area contributed by atoms with E-state index in [0.717, 1.165) is 24.7 Å². The Hall–Kier alpha value is -1.32. The van der Waals surface area contributed by atoms with Crippen molar-refractivity contribution in [2.45, 2.75) is 20.8 Å². The molecule has 0 aliphatic carbocycles. The van der Waals surface area contributed by atoms with Gasteiger partial charge in [-0.15, -0.1) is 0 Å². The summed E-state index contributed by atoms with van der Waals surface area (Å²) in [4.78, 5) is 8.44. The van der Waals surface area contributed by atoms with Crippen LogP contribution in [0.25, 0.3) is 0 Å². The molecule has 0 saturated carbocycles. The number of nitrogens with one attached hydrogen (secondary N) is 2. The summed E-state index contributed by atoms with van der Waals surface area (Å²) in [6.07, 6.45) is 3.47. The van der Waals surface area contributed by atoms with Gasteiger partial charge in [-0.25, -0.2) is 4.98 Å². The molecule has 0 radical (unpaired) electrons. The van der Waals surface area contributed by atoms with Crippen LogP contribution in [0.1, 0.15) is 20.8 Å². The standard InChI is InChI=1S/C10H18N4/c1-4-12-9-6-11-7-10(14-9)13-5-8(2)3/h6-8H,4-5H2,1-3H3,(H2,12,13,14). The summed E-state index contributed by atoms with van der Waals surface area (Å²) in [5.41, 5.74) is 0. The van der Waals surface area contributed by atoms with Gasteiger partial charge in [0.1, 0.15) is 11.6 Å². The van der Waals surface area contributed by atoms with Crippen molar-refractivity contribution in [1.82, 2.24) is 9.97 Å². The maximum atomic E-state index is 4.35. The van der Waals surface area contributed by atoms with Crippen LogP contribution in [0.15, 0.2) is 12.4 Å². The number of aromatic nitrogens is 2. The summed E-state index contributed by atoms with van der Waals surface area (Å²) in [5, 5.41) is 6.35. The topological polar surface area (TPSA) is 49.8 Å². The first-order chi connectivity index (χ1) is 6.72. The highest BCUT2D eigenvalue weighted by molar-refractivity contribution is 5.41. The van der Waals surface area contributed by atoms with E-state index in [4.69, 9.17) is 0 Å². The molecule has 4 heteroatoms. The SMILES string of the molecule is CCNc1cncc(NCC(C)C)n1. The monoisotopic (exact) mass is 194 g/mol. The van der Waals surface area contributed by atoms with Gasteiger partial charge in [0, 0.05) is 13.1 Å². The average molecular weight is 194 g/mol. The van der Waals surface area contributed by atoms with Gasteiger partial charge in [-0.05, 0) is 12.8 Å². The molecule has 0 unspecified atom stereocenters. The second-order valence-corrected chi connectivity index (χ2v) is 3.59. The van der Waals surface area contributed by atoms with Crippen molar-refractivity contribution in [1.29, 1.82) is 0 Å². The second kappa shape index (κ2) is 5.42. The van der Waals surface area contributed by atoms with Gasteiger partial charge in [0.15, 0.2) is 0 Å². The second-order valence-electron chi connectivity index (χ2n) is 3.59. The van der Waals surface area contributed by atoms with E-state index in [1.54, 1.807) is 12.4 Å². The van der Waals surface area contributed by atoms with Crippen molar-refractivity contribution in [2.75, 3.05) is 23.7 Å². The molecule has 1 aromatic heterocycles. The Kier molecular flexibility index (Phi) is 4.16. The van der Waals surface area contributed by atoms with Crippen LogP contribution in [-0.4, -0.2) is 23.1 Å². The van der Waals surface area contributed by atoms with E-state index in [0.29, 0.717) is 5.92 Å². The number of hydrogen-bond acceptors (Lipinski definition) is 4. The lowest BCUT2D eigenvalue weighted by molar-refractivity contribution is 0.686. The van der Waals surface area contributed by atoms with Crippen molar-refractivity contribution in [3.63, 3.8) is 0 Å². The normalized spacial score (nSPS) is 10.3. The number of anilines is 2. The van der Waals surface area contributed by atoms with Crippen molar-refractivity contribution in [3.05, 3.63) is 12.4 Å². The van der Waals surface area contributed by atoms with Gasteiger partial charge in [0.25, 0.3) is 0 Å². The fraction of sp³-hybridized carbons (Fsp3) is 0.600. The van der Waals surface area contributed by atoms with Crippen molar-refractivity contribution in [3.8, 4) is 0 Å². The minimum Gasteiger partial charge on any atom is -0.369 e. The van der Waals surface area contributed by atoms with Crippen LogP contribution in [0, 0.1) is 5.92 Å². The lowest BCUT2D eigenvalue weighted by atomic mass is 10.2. The zero-order valence-electron chi connectivity index (χ0n) is 9.04. The van der Waals surface area contributed by atoms with Crippen LogP contribution in [0.5, 0.6) is 0 Å². The number of hydrogen-bond donors (Lipinski definition) is 2. The molecule has 1 heterocycles. The molecule has 0 bridgehead atoms. The zero-order chi connectivity index (χ0) is 10.4. The molecule has 14 heavy (non-hydrogen) atoms. The van der Waals surface area contributed by atoms with Crippen molar-refractivity contribution >= 4 is 11.6 Å². The highest BCUT2D eigenvalue weighted by Crippen LogP contribution is 2.06. The Labute approximate surface area is 85.2 Å². The average Bonchev–Trinajstić information content (AvgIpc) is 2.16. The third-order valence-corrected chi connectivity index (χ3v) is 1.68. The summed E-state index contributed by atoms with van der Waals surface area (Å²) < 4.78 is 0. The number of nitrogens with zero attached hydrogens (tertiary/aromatic N) is 2. The van der Waals surface area contributed by atoms with Gasteiger partial charge < -0.3 is 10.6 Å². The molecule has 0 aliphatic heterocycles. The Morgan fingerprint density at radius 2 is 1.86 bits per heavy atom. The first kappa shape index (κ1) is 10.8. The molecule has 0 spiro atoms. The first-order valence-corrected chi connectivity index (χ1v) is 5.02. The van der Waals surface area contributed by atoms with E-state index in [-0.39, 0.29) is 0 Å². The number of rotatable bonds is 5. The van der Waals surface area contributed by atoms with Crippen LogP contribution in [0.2, 0.25) is 0 Å². The summed E-state index contributed by atoms with van der Waals surface area (Å²) in [6, 6.07) is 0. The van der Waals surface area contributed by atoms with Crippen LogP contribution in [-0.2, 0) is 0 Å². The Morgan fingerprint density at radius 3 is 2.43 bits per heavy atom. The van der Waals surface area contributed by atoms with Crippen molar-refractivity contribution < 1.29 is 0 Å². The summed E-state index contributed by atoms with van der Waals surface area (Å²) >= 11 is 0. The molecule has 2 N–H and O–H groups in total. The molecule has 0 atom stereocenters. The lowest BCUT2D eigenvalue weighted by Crippen LogP contribution is -2.10. The molecule has 0 aliphatic rings. The van der Waals surface area contributed by atoms with Crippen LogP contribution < -0.4 is 10.6 Å². The Bertz CT molecular complexity index is 273. The fourth-order valence-electron chi connectivity index (χ4n) is 1.03. The van der Waals surface area contributed by atoms with Crippen LogP contribution >= 0.6 is 0 Å². The summed E-state index contributed by atoms with van der Waals surface area (Å²) in [5.74, 6) is 2.26. The minimum atomic E-state index is 0.611. The first-order valence-electron chi connectivity index (χ1n) is 5.02. The zero-order valence-corrected chi connectivity index (χ0v) is 9.04. The smallest absolute Gasteiger partial charge is 0.146 e. The van der Waals surface area contributed by atoms with Gasteiger partial charge >= 0.3 is 0 Å². The molecular weight excluding hydrogens is 176 g/mol. The third-order valence-electron chi connectivity index (χ3n) is 1.68. The summed E-state index contributed by atoms with van der Waals surface area (Å²) in [7, 11) is 0. The quantitative estimate of drug-likeness (QED) is 0.752. The van der Waals surface area contributed by atoms with Crippen LogP contribution in [0.3, 0.4) is 0 Å². The Morgan fingerprint density at radius 1 is 1.21 bits per heavy atom. The molecule has 78 valence electrons. The Balaban J connectivity index is 2.54. The van der Waals surface area contributed by atoms with Crippen molar-refractivity contribution in [2.24, 2.45) is 5.92 Å². The summed E-state index contributed by atoms with van der Waals surface area (Å²) in [6.45, 7) is 8.14. The maximum absolute atomic E-state index is 4.35. The van der Waals surface area contributed by atoms with E-state index in [1.807, 2.05) is 6.92 Å². The van der Waals surface area contributed by atoms with Crippen LogP contribution in [0.4, 0.5) is 11.6 Å². The predicted molar refractivity (Wildman–Crippen MR) is 59.5 cm³/mol. The van der Waals surface area contributed by atoms with E-state index < -0.39 is 0 Å². The molecule has 1 rings (SSSR count). The van der Waals surface area contributed by atoms with Gasteiger partial charge in [-0.3, -0.25) is 4.98 Å². The van der Waals surface area contributed by atoms with Gasteiger partial charge in [-0.1, -0.05) is 13.8 Å².